The van der Waals surface area contributed by atoms with Gasteiger partial charge in [-0.2, -0.15) is 0 Å². The lowest BCUT2D eigenvalue weighted by atomic mass is 9.96. The largest absolute Gasteiger partial charge is 0.497 e. The molecule has 11 heteroatoms. The van der Waals surface area contributed by atoms with Crippen molar-refractivity contribution in [3.05, 3.63) is 171 Å². The molecular formula is C48H48ClNO9. The van der Waals surface area contributed by atoms with E-state index in [1.165, 1.54) is 10.1 Å². The first-order valence-electron chi connectivity index (χ1n) is 19.0. The van der Waals surface area contributed by atoms with Crippen LogP contribution in [0.1, 0.15) is 93.8 Å². The van der Waals surface area contributed by atoms with Gasteiger partial charge in [-0.05, 0) is 104 Å². The number of halogens is 1. The zero-order chi connectivity index (χ0) is 43.4. The lowest BCUT2D eigenvalue weighted by Crippen LogP contribution is -2.14. The van der Waals surface area contributed by atoms with Crippen molar-refractivity contribution in [1.82, 2.24) is 4.57 Å². The molecule has 6 rings (SSSR count). The van der Waals surface area contributed by atoms with Crippen molar-refractivity contribution < 1.29 is 44.0 Å². The molecule has 2 atom stereocenters. The van der Waals surface area contributed by atoms with Crippen LogP contribution in [0, 0.1) is 12.8 Å². The van der Waals surface area contributed by atoms with Crippen molar-refractivity contribution in [3.8, 4) is 5.75 Å². The molecule has 0 aliphatic heterocycles. The van der Waals surface area contributed by atoms with Gasteiger partial charge >= 0.3 is 17.9 Å². The summed E-state index contributed by atoms with van der Waals surface area (Å²) in [6.07, 6.45) is 0.873. The highest BCUT2D eigenvalue weighted by Gasteiger charge is 2.22. The van der Waals surface area contributed by atoms with Gasteiger partial charge in [-0.3, -0.25) is 28.5 Å². The molecule has 0 amide bonds. The molecule has 0 aliphatic rings. The minimum Gasteiger partial charge on any atom is -0.497 e. The number of aliphatic carboxylic acids is 3. The number of ether oxygens (including phenoxy) is 1. The molecule has 10 nitrogen and oxygen atoms in total. The van der Waals surface area contributed by atoms with Crippen molar-refractivity contribution >= 4 is 52.1 Å². The Balaban J connectivity index is 0.000000203. The van der Waals surface area contributed by atoms with Crippen molar-refractivity contribution in [3.63, 3.8) is 0 Å². The van der Waals surface area contributed by atoms with Gasteiger partial charge < -0.3 is 20.1 Å². The van der Waals surface area contributed by atoms with Crippen LogP contribution in [0.15, 0.2) is 121 Å². The van der Waals surface area contributed by atoms with E-state index >= 15 is 0 Å². The molecule has 0 bridgehead atoms. The van der Waals surface area contributed by atoms with Gasteiger partial charge in [-0.15, -0.1) is 0 Å². The number of carbonyl (C=O) groups is 5. The lowest BCUT2D eigenvalue weighted by molar-refractivity contribution is -0.139. The molecular weight excluding hydrogens is 770 g/mol. The molecule has 0 saturated carbocycles. The summed E-state index contributed by atoms with van der Waals surface area (Å²) in [5, 5.41) is 28.3. The van der Waals surface area contributed by atoms with Gasteiger partial charge in [-0.25, -0.2) is 0 Å². The van der Waals surface area contributed by atoms with Crippen LogP contribution < -0.4 is 4.74 Å². The van der Waals surface area contributed by atoms with Crippen molar-refractivity contribution in [1.29, 1.82) is 0 Å². The fourth-order valence-electron chi connectivity index (χ4n) is 6.35. The number of hydrogen-bond acceptors (Lipinski definition) is 6. The molecule has 5 aromatic carbocycles. The minimum atomic E-state index is -0.955. The van der Waals surface area contributed by atoms with Gasteiger partial charge in [0.1, 0.15) is 5.75 Å². The number of ketones is 1. The first-order valence-corrected chi connectivity index (χ1v) is 19.3. The number of carboxylic acids is 3. The average molecular weight is 818 g/mol. The summed E-state index contributed by atoms with van der Waals surface area (Å²) in [6.45, 7) is 9.41. The molecule has 0 spiro atoms. The number of nitrogens with zero attached hydrogens (tertiary/aromatic N) is 1. The number of methoxy groups -OCH3 is 1. The van der Waals surface area contributed by atoms with E-state index in [0.29, 0.717) is 61.1 Å². The molecule has 306 valence electrons. The van der Waals surface area contributed by atoms with Gasteiger partial charge in [0.2, 0.25) is 0 Å². The highest BCUT2D eigenvalue weighted by atomic mass is 35.5. The number of hydrogen-bond donors (Lipinski definition) is 3. The Labute approximate surface area is 348 Å². The summed E-state index contributed by atoms with van der Waals surface area (Å²) in [7, 11) is 1.54. The Hall–Kier alpha value is -6.52. The fraction of sp³-hybridized carbons (Fsp3) is 0.229. The van der Waals surface area contributed by atoms with Crippen LogP contribution in [0.2, 0.25) is 5.02 Å². The maximum absolute atomic E-state index is 13.0. The third-order valence-electron chi connectivity index (χ3n) is 9.71. The molecule has 1 aromatic heterocycles. The number of carboxylic acid groups (broad SMARTS) is 3. The van der Waals surface area contributed by atoms with Crippen LogP contribution in [0.25, 0.3) is 10.9 Å². The maximum atomic E-state index is 13.0. The molecule has 1 heterocycles. The topological polar surface area (TPSA) is 160 Å². The summed E-state index contributed by atoms with van der Waals surface area (Å²) in [6, 6.07) is 35.5. The summed E-state index contributed by atoms with van der Waals surface area (Å²) in [5.41, 5.74) is 6.21. The molecule has 0 saturated heterocycles. The minimum absolute atomic E-state index is 0.0972. The van der Waals surface area contributed by atoms with Gasteiger partial charge in [0.05, 0.1) is 30.9 Å². The van der Waals surface area contributed by atoms with E-state index in [4.69, 9.17) is 26.6 Å². The van der Waals surface area contributed by atoms with Crippen LogP contribution >= 0.6 is 11.6 Å². The van der Waals surface area contributed by atoms with Crippen molar-refractivity contribution in [2.45, 2.75) is 59.3 Å². The number of benzene rings is 5. The number of aromatic nitrogens is 1. The van der Waals surface area contributed by atoms with Gasteiger partial charge in [0, 0.05) is 32.8 Å². The molecule has 0 fully saturated rings. The molecule has 3 N–H and O–H groups in total. The standard InChI is InChI=1S/C19H16ClNO4.C16H14O3.C13H18O2/c1-11-15(10-18(22)23)16-9-14(25-2)7-8-17(16)21(11)19(24)12-3-5-13(20)6-4-12;1-11(16(18)19)13-8-5-9-14(10-13)15(17)12-6-3-2-4-7-12;1-9(2)8-11-4-6-12(7-5-11)10(3)13(14)15/h3-9H,10H2,1-2H3,(H,22,23);2-11H,1H3,(H,18,19);4-7,9-10H,8H2,1-3H3,(H,14,15). The molecule has 59 heavy (non-hydrogen) atoms. The first-order chi connectivity index (χ1) is 28.0. The van der Waals surface area contributed by atoms with E-state index in [-0.39, 0.29) is 18.1 Å². The van der Waals surface area contributed by atoms with Crippen LogP contribution in [-0.4, -0.2) is 56.6 Å². The quantitative estimate of drug-likeness (QED) is 0.102. The molecule has 6 aromatic rings. The summed E-state index contributed by atoms with van der Waals surface area (Å²) >= 11 is 5.89. The highest BCUT2D eigenvalue weighted by molar-refractivity contribution is 6.30. The molecule has 0 aliphatic carbocycles. The summed E-state index contributed by atoms with van der Waals surface area (Å²) in [4.78, 5) is 58.2. The maximum Gasteiger partial charge on any atom is 0.310 e. The van der Waals surface area contributed by atoms with E-state index in [0.717, 1.165) is 12.0 Å². The molecule has 2 unspecified atom stereocenters. The van der Waals surface area contributed by atoms with E-state index in [2.05, 4.69) is 13.8 Å². The second-order valence-electron chi connectivity index (χ2n) is 14.4. The fourth-order valence-corrected chi connectivity index (χ4v) is 6.48. The zero-order valence-corrected chi connectivity index (χ0v) is 34.6. The van der Waals surface area contributed by atoms with E-state index in [1.807, 2.05) is 30.3 Å². The lowest BCUT2D eigenvalue weighted by Gasteiger charge is -2.09. The predicted molar refractivity (Wildman–Crippen MR) is 229 cm³/mol. The Morgan fingerprint density at radius 2 is 1.25 bits per heavy atom. The second kappa shape index (κ2) is 20.8. The van der Waals surface area contributed by atoms with Crippen molar-refractivity contribution in [2.24, 2.45) is 5.92 Å². The van der Waals surface area contributed by atoms with Gasteiger partial charge in [-0.1, -0.05) is 98.2 Å². The number of carbonyl (C=O) groups excluding carboxylic acids is 2. The molecule has 0 radical (unpaired) electrons. The SMILES string of the molecule is CC(C(=O)O)c1cccc(C(=O)c2ccccc2)c1.CC(C)Cc1ccc(C(C)C(=O)O)cc1.COc1ccc2c(c1)c(CC(=O)O)c(C)n2C(=O)c1ccc(Cl)cc1. The van der Waals surface area contributed by atoms with Crippen LogP contribution in [0.3, 0.4) is 0 Å². The van der Waals surface area contributed by atoms with Gasteiger partial charge in [0.25, 0.3) is 5.91 Å². The second-order valence-corrected chi connectivity index (χ2v) is 14.9. The van der Waals surface area contributed by atoms with E-state index < -0.39 is 29.7 Å². The van der Waals surface area contributed by atoms with Crippen molar-refractivity contribution in [2.75, 3.05) is 7.11 Å². The highest BCUT2D eigenvalue weighted by Crippen LogP contribution is 2.31. The number of fused-ring (bicyclic) bond motifs is 1. The van der Waals surface area contributed by atoms with Crippen LogP contribution in [-0.2, 0) is 27.2 Å². The van der Waals surface area contributed by atoms with Crippen LogP contribution in [0.5, 0.6) is 5.75 Å². The van der Waals surface area contributed by atoms with Crippen LogP contribution in [0.4, 0.5) is 0 Å². The third-order valence-corrected chi connectivity index (χ3v) is 9.97. The average Bonchev–Trinajstić information content (AvgIpc) is 3.49. The summed E-state index contributed by atoms with van der Waals surface area (Å²) < 4.78 is 6.77. The van der Waals surface area contributed by atoms with Gasteiger partial charge in [0.15, 0.2) is 5.78 Å². The predicted octanol–water partition coefficient (Wildman–Crippen LogP) is 10.1. The third kappa shape index (κ3) is 12.0. The first kappa shape index (κ1) is 45.2. The Bertz CT molecular complexity index is 2420. The zero-order valence-electron chi connectivity index (χ0n) is 33.8. The monoisotopic (exact) mass is 817 g/mol. The summed E-state index contributed by atoms with van der Waals surface area (Å²) in [5.74, 6) is -2.76. The Morgan fingerprint density at radius 1 is 0.661 bits per heavy atom. The van der Waals surface area contributed by atoms with E-state index in [9.17, 15) is 29.1 Å². The Morgan fingerprint density at radius 3 is 1.81 bits per heavy atom. The van der Waals surface area contributed by atoms with E-state index in [1.54, 1.807) is 119 Å². The normalized spacial score (nSPS) is 11.7. The Kier molecular flexibility index (Phi) is 15.9. The smallest absolute Gasteiger partial charge is 0.310 e. The number of rotatable bonds is 12.